The lowest BCUT2D eigenvalue weighted by Gasteiger charge is -2.36. The molecule has 23 heavy (non-hydrogen) atoms. The molecule has 1 aliphatic heterocycles. The zero-order valence-electron chi connectivity index (χ0n) is 12.7. The lowest BCUT2D eigenvalue weighted by molar-refractivity contribution is -0.143. The highest BCUT2D eigenvalue weighted by atomic mass is 35.5. The minimum atomic E-state index is -0.693. The summed E-state index contributed by atoms with van der Waals surface area (Å²) in [7, 11) is 0. The molecule has 0 saturated carbocycles. The zero-order valence-corrected chi connectivity index (χ0v) is 13.5. The molecule has 1 atom stereocenters. The van der Waals surface area contributed by atoms with Crippen LogP contribution in [0.15, 0.2) is 48.7 Å². The van der Waals surface area contributed by atoms with Gasteiger partial charge in [-0.2, -0.15) is 0 Å². The van der Waals surface area contributed by atoms with E-state index in [-0.39, 0.29) is 12.0 Å². The molecule has 0 spiro atoms. The van der Waals surface area contributed by atoms with E-state index in [9.17, 15) is 9.90 Å². The molecule has 1 saturated heterocycles. The van der Waals surface area contributed by atoms with E-state index in [0.29, 0.717) is 17.9 Å². The Morgan fingerprint density at radius 1 is 1.22 bits per heavy atom. The monoisotopic (exact) mass is 330 g/mol. The molecule has 120 valence electrons. The molecule has 1 aromatic carbocycles. The summed E-state index contributed by atoms with van der Waals surface area (Å²) in [5.74, 6) is -0.934. The fraction of sp³-hybridized carbons (Fsp3) is 0.333. The first-order valence-electron chi connectivity index (χ1n) is 7.78. The van der Waals surface area contributed by atoms with Gasteiger partial charge >= 0.3 is 5.97 Å². The van der Waals surface area contributed by atoms with Crippen LogP contribution in [0.4, 0.5) is 0 Å². The summed E-state index contributed by atoms with van der Waals surface area (Å²) in [4.78, 5) is 18.0. The average molecular weight is 331 g/mol. The molecular formula is C18H19ClN2O2. The largest absolute Gasteiger partial charge is 0.481 e. The first kappa shape index (κ1) is 16.0. The first-order chi connectivity index (χ1) is 11.1. The summed E-state index contributed by atoms with van der Waals surface area (Å²) in [6.45, 7) is 1.48. The Kier molecular flexibility index (Phi) is 4.94. The van der Waals surface area contributed by atoms with Crippen molar-refractivity contribution in [1.82, 2.24) is 9.88 Å². The van der Waals surface area contributed by atoms with E-state index in [2.05, 4.69) is 16.0 Å². The lowest BCUT2D eigenvalue weighted by atomic mass is 9.93. The van der Waals surface area contributed by atoms with Gasteiger partial charge in [0.15, 0.2) is 0 Å². The Balaban J connectivity index is 1.89. The van der Waals surface area contributed by atoms with E-state index in [1.54, 1.807) is 6.20 Å². The van der Waals surface area contributed by atoms with Crippen molar-refractivity contribution in [2.75, 3.05) is 13.1 Å². The van der Waals surface area contributed by atoms with Crippen molar-refractivity contribution in [3.05, 3.63) is 64.9 Å². The van der Waals surface area contributed by atoms with Gasteiger partial charge in [0.1, 0.15) is 0 Å². The minimum Gasteiger partial charge on any atom is -0.481 e. The summed E-state index contributed by atoms with van der Waals surface area (Å²) in [6.07, 6.45) is 3.12. The number of aliphatic carboxylic acids is 1. The summed E-state index contributed by atoms with van der Waals surface area (Å²) < 4.78 is 0. The lowest BCUT2D eigenvalue weighted by Crippen LogP contribution is -2.39. The van der Waals surface area contributed by atoms with Gasteiger partial charge in [-0.1, -0.05) is 29.8 Å². The average Bonchev–Trinajstić information content (AvgIpc) is 2.57. The van der Waals surface area contributed by atoms with E-state index in [4.69, 9.17) is 11.6 Å². The highest BCUT2D eigenvalue weighted by Gasteiger charge is 2.30. The number of piperidine rings is 1. The van der Waals surface area contributed by atoms with Crippen molar-refractivity contribution >= 4 is 17.6 Å². The van der Waals surface area contributed by atoms with Crippen LogP contribution in [-0.4, -0.2) is 34.0 Å². The Bertz CT molecular complexity index is 670. The third-order valence-corrected chi connectivity index (χ3v) is 4.61. The zero-order chi connectivity index (χ0) is 16.2. The summed E-state index contributed by atoms with van der Waals surface area (Å²) in [5.41, 5.74) is 2.05. The number of halogens is 1. The molecule has 2 aromatic rings. The Morgan fingerprint density at radius 2 is 2.00 bits per heavy atom. The highest BCUT2D eigenvalue weighted by Crippen LogP contribution is 2.32. The summed E-state index contributed by atoms with van der Waals surface area (Å²) >= 11 is 6.16. The van der Waals surface area contributed by atoms with Crippen molar-refractivity contribution in [1.29, 1.82) is 0 Å². The van der Waals surface area contributed by atoms with Crippen LogP contribution in [0.5, 0.6) is 0 Å². The van der Waals surface area contributed by atoms with Gasteiger partial charge in [-0.05, 0) is 55.8 Å². The number of rotatable bonds is 4. The van der Waals surface area contributed by atoms with Gasteiger partial charge in [0.25, 0.3) is 0 Å². The van der Waals surface area contributed by atoms with E-state index < -0.39 is 5.97 Å². The number of pyridine rings is 1. The van der Waals surface area contributed by atoms with Crippen molar-refractivity contribution in [2.45, 2.75) is 18.9 Å². The normalized spacial score (nSPS) is 17.8. The van der Waals surface area contributed by atoms with Gasteiger partial charge in [-0.15, -0.1) is 0 Å². The molecule has 1 aromatic heterocycles. The molecule has 0 radical (unpaired) electrons. The van der Waals surface area contributed by atoms with Gasteiger partial charge < -0.3 is 5.11 Å². The van der Waals surface area contributed by atoms with Crippen LogP contribution in [-0.2, 0) is 4.79 Å². The van der Waals surface area contributed by atoms with Gasteiger partial charge in [-0.3, -0.25) is 14.7 Å². The van der Waals surface area contributed by atoms with Crippen LogP contribution in [0.1, 0.15) is 30.1 Å². The van der Waals surface area contributed by atoms with E-state index >= 15 is 0 Å². The van der Waals surface area contributed by atoms with E-state index in [0.717, 1.165) is 24.3 Å². The number of hydrogen-bond acceptors (Lipinski definition) is 3. The highest BCUT2D eigenvalue weighted by molar-refractivity contribution is 6.30. The van der Waals surface area contributed by atoms with Crippen molar-refractivity contribution < 1.29 is 9.90 Å². The van der Waals surface area contributed by atoms with Crippen LogP contribution < -0.4 is 0 Å². The Morgan fingerprint density at radius 3 is 2.61 bits per heavy atom. The number of carbonyl (C=O) groups is 1. The number of hydrogen-bond donors (Lipinski definition) is 1. The maximum atomic E-state index is 11.2. The quantitative estimate of drug-likeness (QED) is 0.930. The molecule has 5 heteroatoms. The predicted molar refractivity (Wildman–Crippen MR) is 89.5 cm³/mol. The smallest absolute Gasteiger partial charge is 0.306 e. The van der Waals surface area contributed by atoms with Gasteiger partial charge in [0, 0.05) is 11.2 Å². The number of benzene rings is 1. The second-order valence-corrected chi connectivity index (χ2v) is 6.30. The SMILES string of the molecule is O=C(O)C1CCN(C(c2cccc(Cl)c2)c2ccccn2)CC1. The predicted octanol–water partition coefficient (Wildman–Crippen LogP) is 3.62. The third kappa shape index (κ3) is 3.71. The minimum absolute atomic E-state index is 0.00430. The number of likely N-dealkylation sites (tertiary alicyclic amines) is 1. The van der Waals surface area contributed by atoms with Crippen LogP contribution in [0, 0.1) is 5.92 Å². The standard InChI is InChI=1S/C18H19ClN2O2/c19-15-5-3-4-14(12-15)17(16-6-1-2-9-20-16)21-10-7-13(8-11-21)18(22)23/h1-6,9,12-13,17H,7-8,10-11H2,(H,22,23). The molecule has 2 heterocycles. The van der Waals surface area contributed by atoms with Gasteiger partial charge in [0.05, 0.1) is 17.7 Å². The molecule has 0 aliphatic carbocycles. The second-order valence-electron chi connectivity index (χ2n) is 5.86. The van der Waals surface area contributed by atoms with Crippen LogP contribution in [0.2, 0.25) is 5.02 Å². The van der Waals surface area contributed by atoms with E-state index in [1.807, 2.05) is 36.4 Å². The molecule has 1 N–H and O–H groups in total. The molecule has 3 rings (SSSR count). The maximum Gasteiger partial charge on any atom is 0.306 e. The molecular weight excluding hydrogens is 312 g/mol. The van der Waals surface area contributed by atoms with Crippen molar-refractivity contribution in [3.8, 4) is 0 Å². The molecule has 1 fully saturated rings. The van der Waals surface area contributed by atoms with E-state index in [1.165, 1.54) is 0 Å². The van der Waals surface area contributed by atoms with Crippen molar-refractivity contribution in [2.24, 2.45) is 5.92 Å². The molecule has 4 nitrogen and oxygen atoms in total. The topological polar surface area (TPSA) is 53.4 Å². The Labute approximate surface area is 140 Å². The summed E-state index contributed by atoms with van der Waals surface area (Å²) in [5, 5.41) is 9.88. The third-order valence-electron chi connectivity index (χ3n) is 4.38. The molecule has 0 bridgehead atoms. The number of nitrogens with zero attached hydrogens (tertiary/aromatic N) is 2. The Hall–Kier alpha value is -1.91. The number of aromatic nitrogens is 1. The maximum absolute atomic E-state index is 11.2. The van der Waals surface area contributed by atoms with Crippen molar-refractivity contribution in [3.63, 3.8) is 0 Å². The second kappa shape index (κ2) is 7.11. The van der Waals surface area contributed by atoms with Crippen LogP contribution in [0.3, 0.4) is 0 Å². The summed E-state index contributed by atoms with van der Waals surface area (Å²) in [6, 6.07) is 13.7. The van der Waals surface area contributed by atoms with Gasteiger partial charge in [-0.25, -0.2) is 0 Å². The fourth-order valence-corrected chi connectivity index (χ4v) is 3.39. The molecule has 1 unspecified atom stereocenters. The molecule has 0 amide bonds. The number of carboxylic acid groups (broad SMARTS) is 1. The van der Waals surface area contributed by atoms with Gasteiger partial charge in [0.2, 0.25) is 0 Å². The van der Waals surface area contributed by atoms with Crippen LogP contribution >= 0.6 is 11.6 Å². The fourth-order valence-electron chi connectivity index (χ4n) is 3.19. The first-order valence-corrected chi connectivity index (χ1v) is 8.16. The number of carboxylic acids is 1. The molecule has 1 aliphatic rings. The van der Waals surface area contributed by atoms with Crippen LogP contribution in [0.25, 0.3) is 0 Å².